The summed E-state index contributed by atoms with van der Waals surface area (Å²) in [6, 6.07) is 33.3. The number of hydrogen-bond acceptors (Lipinski definition) is 4. The molecule has 1 heterocycles. The maximum absolute atomic E-state index is 13.0. The predicted molar refractivity (Wildman–Crippen MR) is 152 cm³/mol. The Bertz CT molecular complexity index is 1520. The smallest absolute Gasteiger partial charge is 0.251 e. The van der Waals surface area contributed by atoms with Gasteiger partial charge in [0.1, 0.15) is 17.0 Å². The molecule has 4 aromatic carbocycles. The maximum atomic E-state index is 13.0. The van der Waals surface area contributed by atoms with Gasteiger partial charge in [-0.2, -0.15) is 0 Å². The largest absolute Gasteiger partial charge is 0.506 e. The Morgan fingerprint density at radius 1 is 0.816 bits per heavy atom. The van der Waals surface area contributed by atoms with Crippen molar-refractivity contribution in [2.75, 3.05) is 13.2 Å². The number of fused-ring (bicyclic) bond motifs is 1. The van der Waals surface area contributed by atoms with Crippen molar-refractivity contribution in [3.05, 3.63) is 126 Å². The number of phenolic OH excluding ortho intramolecular Hbond substituents is 1. The summed E-state index contributed by atoms with van der Waals surface area (Å²) in [5.74, 6) is 0.567. The maximum Gasteiger partial charge on any atom is 0.251 e. The van der Waals surface area contributed by atoms with Gasteiger partial charge in [-0.1, -0.05) is 66.7 Å². The van der Waals surface area contributed by atoms with E-state index in [9.17, 15) is 9.90 Å². The zero-order valence-electron chi connectivity index (χ0n) is 21.1. The van der Waals surface area contributed by atoms with Crippen LogP contribution in [0.25, 0.3) is 22.0 Å². The second kappa shape index (κ2) is 12.1. The number of pyridine rings is 1. The number of carbonyl (C=O) groups excluding carboxylic acids is 1. The lowest BCUT2D eigenvalue weighted by Gasteiger charge is -2.15. The van der Waals surface area contributed by atoms with Gasteiger partial charge in [0.2, 0.25) is 0 Å². The van der Waals surface area contributed by atoms with Gasteiger partial charge >= 0.3 is 0 Å². The number of amides is 1. The van der Waals surface area contributed by atoms with Gasteiger partial charge in [-0.15, -0.1) is 0 Å². The summed E-state index contributed by atoms with van der Waals surface area (Å²) in [4.78, 5) is 17.2. The molecule has 5 rings (SSSR count). The van der Waals surface area contributed by atoms with Crippen LogP contribution in [0.5, 0.6) is 11.5 Å². The third kappa shape index (κ3) is 6.19. The Hall–Kier alpha value is -4.64. The van der Waals surface area contributed by atoms with Crippen molar-refractivity contribution in [2.24, 2.45) is 0 Å². The third-order valence-corrected chi connectivity index (χ3v) is 6.50. The summed E-state index contributed by atoms with van der Waals surface area (Å²) in [6.45, 7) is 1.05. The molecule has 5 heteroatoms. The van der Waals surface area contributed by atoms with Crippen LogP contribution in [-0.2, 0) is 12.8 Å². The first-order valence-electron chi connectivity index (χ1n) is 12.9. The van der Waals surface area contributed by atoms with E-state index in [0.717, 1.165) is 35.8 Å². The van der Waals surface area contributed by atoms with Crippen LogP contribution in [0.3, 0.4) is 0 Å². The third-order valence-electron chi connectivity index (χ3n) is 6.50. The second-order valence-electron chi connectivity index (χ2n) is 9.21. The summed E-state index contributed by atoms with van der Waals surface area (Å²) in [5.41, 5.74) is 5.13. The molecule has 0 radical (unpaired) electrons. The molecule has 0 atom stereocenters. The van der Waals surface area contributed by atoms with Crippen LogP contribution >= 0.6 is 0 Å². The van der Waals surface area contributed by atoms with Crippen molar-refractivity contribution < 1.29 is 14.6 Å². The average molecular weight is 503 g/mol. The van der Waals surface area contributed by atoms with Crippen LogP contribution in [0.1, 0.15) is 27.9 Å². The molecule has 0 aliphatic carbocycles. The fourth-order valence-corrected chi connectivity index (χ4v) is 4.51. The van der Waals surface area contributed by atoms with Gasteiger partial charge in [0.15, 0.2) is 0 Å². The fourth-order valence-electron chi connectivity index (χ4n) is 4.51. The molecule has 1 amide bonds. The number of ether oxygens (including phenoxy) is 1. The minimum atomic E-state index is -0.136. The Morgan fingerprint density at radius 3 is 2.32 bits per heavy atom. The Balaban J connectivity index is 1.35. The second-order valence-corrected chi connectivity index (χ2v) is 9.21. The number of benzene rings is 4. The quantitative estimate of drug-likeness (QED) is 0.211. The van der Waals surface area contributed by atoms with Crippen LogP contribution in [0.2, 0.25) is 0 Å². The van der Waals surface area contributed by atoms with E-state index < -0.39 is 0 Å². The zero-order valence-corrected chi connectivity index (χ0v) is 21.1. The molecule has 0 bridgehead atoms. The normalized spacial score (nSPS) is 10.8. The lowest BCUT2D eigenvalue weighted by Crippen LogP contribution is -2.24. The molecule has 1 aromatic heterocycles. The molecule has 0 unspecified atom stereocenters. The Labute approximate surface area is 222 Å². The van der Waals surface area contributed by atoms with Gasteiger partial charge in [-0.05, 0) is 65.9 Å². The summed E-state index contributed by atoms with van der Waals surface area (Å²) >= 11 is 0. The van der Waals surface area contributed by atoms with Gasteiger partial charge in [0.25, 0.3) is 5.91 Å². The molecule has 5 aromatic rings. The average Bonchev–Trinajstić information content (AvgIpc) is 2.96. The molecule has 0 aliphatic rings. The fraction of sp³-hybridized carbons (Fsp3) is 0.152. The molecule has 0 saturated carbocycles. The number of carbonyl (C=O) groups is 1. The van der Waals surface area contributed by atoms with Crippen LogP contribution in [0.15, 0.2) is 109 Å². The lowest BCUT2D eigenvalue weighted by atomic mass is 9.99. The molecular weight excluding hydrogens is 472 g/mol. The van der Waals surface area contributed by atoms with Crippen LogP contribution in [0, 0.1) is 0 Å². The van der Waals surface area contributed by atoms with Crippen molar-refractivity contribution in [1.29, 1.82) is 0 Å². The molecule has 0 aliphatic heterocycles. The Morgan fingerprint density at radius 2 is 1.55 bits per heavy atom. The van der Waals surface area contributed by atoms with E-state index in [2.05, 4.69) is 34.6 Å². The van der Waals surface area contributed by atoms with Crippen LogP contribution < -0.4 is 10.1 Å². The van der Waals surface area contributed by atoms with Crippen molar-refractivity contribution in [3.8, 4) is 22.6 Å². The standard InChI is InChI=1S/C33H30N2O3/c36-30-22-28(21-26-14-8-18-34-32(26)30)29-16-15-27(23-31(29)38-20-17-25-11-5-2-6-12-25)33(37)35-19-7-13-24-9-3-1-4-10-24/h1-6,8-12,14-16,18,21-23,36H,7,13,17,19-20H2,(H,35,37). The molecule has 38 heavy (non-hydrogen) atoms. The molecule has 5 nitrogen and oxygen atoms in total. The predicted octanol–water partition coefficient (Wildman–Crippen LogP) is 6.59. The molecule has 190 valence electrons. The highest BCUT2D eigenvalue weighted by atomic mass is 16.5. The first-order valence-corrected chi connectivity index (χ1v) is 12.9. The van der Waals surface area contributed by atoms with Crippen molar-refractivity contribution in [2.45, 2.75) is 19.3 Å². The molecule has 0 fully saturated rings. The van der Waals surface area contributed by atoms with E-state index >= 15 is 0 Å². The number of aromatic nitrogens is 1. The van der Waals surface area contributed by atoms with E-state index in [1.54, 1.807) is 24.4 Å². The highest BCUT2D eigenvalue weighted by Gasteiger charge is 2.14. The summed E-state index contributed by atoms with van der Waals surface area (Å²) in [7, 11) is 0. The topological polar surface area (TPSA) is 71.5 Å². The van der Waals surface area contributed by atoms with Gasteiger partial charge in [0.05, 0.1) is 6.61 Å². The number of hydrogen-bond donors (Lipinski definition) is 2. The number of nitrogens with zero attached hydrogens (tertiary/aromatic N) is 1. The molecule has 2 N–H and O–H groups in total. The van der Waals surface area contributed by atoms with Gasteiger partial charge in [-0.25, -0.2) is 0 Å². The Kier molecular flexibility index (Phi) is 7.95. The van der Waals surface area contributed by atoms with Gasteiger partial charge in [0, 0.05) is 35.7 Å². The van der Waals surface area contributed by atoms with E-state index in [-0.39, 0.29) is 11.7 Å². The minimum Gasteiger partial charge on any atom is -0.506 e. The van der Waals surface area contributed by atoms with Crippen molar-refractivity contribution >= 4 is 16.8 Å². The monoisotopic (exact) mass is 502 g/mol. The molecule has 0 spiro atoms. The van der Waals surface area contributed by atoms with Gasteiger partial charge < -0.3 is 15.2 Å². The summed E-state index contributed by atoms with van der Waals surface area (Å²) in [6.07, 6.45) is 4.17. The minimum absolute atomic E-state index is 0.105. The summed E-state index contributed by atoms with van der Waals surface area (Å²) < 4.78 is 6.24. The first-order chi connectivity index (χ1) is 18.7. The molecular formula is C33H30N2O3. The highest BCUT2D eigenvalue weighted by Crippen LogP contribution is 2.36. The SMILES string of the molecule is O=C(NCCCc1ccccc1)c1ccc(-c2cc(O)c3ncccc3c2)c(OCCc2ccccc2)c1. The van der Waals surface area contributed by atoms with Crippen LogP contribution in [-0.4, -0.2) is 29.1 Å². The van der Waals surface area contributed by atoms with Crippen LogP contribution in [0.4, 0.5) is 0 Å². The zero-order chi connectivity index (χ0) is 26.2. The van der Waals surface area contributed by atoms with E-state index in [1.165, 1.54) is 11.1 Å². The summed E-state index contributed by atoms with van der Waals surface area (Å²) in [5, 5.41) is 14.5. The highest BCUT2D eigenvalue weighted by molar-refractivity contribution is 5.96. The van der Waals surface area contributed by atoms with E-state index in [4.69, 9.17) is 4.74 Å². The van der Waals surface area contributed by atoms with Gasteiger partial charge in [-0.3, -0.25) is 9.78 Å². The number of aryl methyl sites for hydroxylation is 1. The van der Waals surface area contributed by atoms with Crippen molar-refractivity contribution in [1.82, 2.24) is 10.3 Å². The first kappa shape index (κ1) is 25.0. The number of rotatable bonds is 10. The number of aromatic hydroxyl groups is 1. The molecule has 0 saturated heterocycles. The van der Waals surface area contributed by atoms with E-state index in [1.807, 2.05) is 60.7 Å². The van der Waals surface area contributed by atoms with E-state index in [0.29, 0.717) is 30.0 Å². The van der Waals surface area contributed by atoms with Crippen molar-refractivity contribution in [3.63, 3.8) is 0 Å². The number of phenols is 1. The lowest BCUT2D eigenvalue weighted by molar-refractivity contribution is 0.0952. The number of nitrogens with one attached hydrogen (secondary N) is 1.